The van der Waals surface area contributed by atoms with Crippen molar-refractivity contribution in [1.29, 1.82) is 0 Å². The number of thioether (sulfide) groups is 1. The van der Waals surface area contributed by atoms with Crippen molar-refractivity contribution < 1.29 is 28.3 Å². The van der Waals surface area contributed by atoms with Crippen molar-refractivity contribution >= 4 is 57.7 Å². The molecule has 3 aromatic carbocycles. The number of benzene rings is 3. The molecule has 38 heavy (non-hydrogen) atoms. The van der Waals surface area contributed by atoms with Gasteiger partial charge in [-0.05, 0) is 65.2 Å². The summed E-state index contributed by atoms with van der Waals surface area (Å²) in [4.78, 5) is 37.8. The summed E-state index contributed by atoms with van der Waals surface area (Å²) in [6, 6.07) is 13.1. The highest BCUT2D eigenvalue weighted by Crippen LogP contribution is 2.39. The molecule has 3 amide bonds. The lowest BCUT2D eigenvalue weighted by Gasteiger charge is -2.18. The van der Waals surface area contributed by atoms with E-state index in [0.29, 0.717) is 17.3 Å². The number of hydrogen-bond donors (Lipinski definition) is 3. The number of rotatable bonds is 5. The van der Waals surface area contributed by atoms with Gasteiger partial charge in [-0.3, -0.25) is 30.0 Å². The molecule has 1 saturated heterocycles. The van der Waals surface area contributed by atoms with Gasteiger partial charge < -0.3 is 5.11 Å². The third kappa shape index (κ3) is 4.63. The predicted octanol–water partition coefficient (Wildman–Crippen LogP) is 5.61. The van der Waals surface area contributed by atoms with Gasteiger partial charge in [0, 0.05) is 17.3 Å². The highest BCUT2D eigenvalue weighted by Gasteiger charge is 2.38. The molecular formula is C27H20F2N4O4S. The number of amides is 3. The Labute approximate surface area is 220 Å². The molecule has 0 unspecified atom stereocenters. The number of hydrazone groups is 1. The smallest absolute Gasteiger partial charge is 0.290 e. The zero-order chi connectivity index (χ0) is 27.1. The van der Waals surface area contributed by atoms with Crippen molar-refractivity contribution in [1.82, 2.24) is 5.32 Å². The van der Waals surface area contributed by atoms with Crippen LogP contribution >= 0.6 is 11.8 Å². The number of phenols is 1. The number of anilines is 3. The topological polar surface area (TPSA) is 111 Å². The van der Waals surface area contributed by atoms with Crippen LogP contribution in [-0.4, -0.2) is 27.9 Å². The van der Waals surface area contributed by atoms with Gasteiger partial charge >= 0.3 is 0 Å². The molecule has 3 N–H and O–H groups in total. The molecule has 3 aromatic rings. The van der Waals surface area contributed by atoms with E-state index in [-0.39, 0.29) is 39.2 Å². The molecule has 0 atom stereocenters. The summed E-state index contributed by atoms with van der Waals surface area (Å²) in [5.74, 6) is -3.01. The van der Waals surface area contributed by atoms with Crippen LogP contribution in [0.1, 0.15) is 36.5 Å². The number of aromatic hydroxyl groups is 1. The number of carbonyl (C=O) groups is 3. The maximum absolute atomic E-state index is 14.9. The van der Waals surface area contributed by atoms with E-state index in [4.69, 9.17) is 0 Å². The molecule has 0 aromatic heterocycles. The first-order valence-electron chi connectivity index (χ1n) is 11.5. The summed E-state index contributed by atoms with van der Waals surface area (Å²) in [6.45, 7) is 4.04. The minimum atomic E-state index is -0.918. The number of fused-ring (bicyclic) bond motifs is 1. The van der Waals surface area contributed by atoms with Crippen LogP contribution in [0.15, 0.2) is 64.6 Å². The van der Waals surface area contributed by atoms with Crippen molar-refractivity contribution in [2.24, 2.45) is 5.10 Å². The fourth-order valence-electron chi connectivity index (χ4n) is 4.08. The number of carbonyl (C=O) groups excluding carboxylic acids is 3. The molecule has 0 radical (unpaired) electrons. The standard InChI is InChI=1S/C27H20F2N4O4S/c1-13(2)15-4-6-17(7-5-15)33-24-18(11-16(28)12-19(24)29)23(26(33)36)32-31-20-8-3-14(9-21(20)34)10-22-25(35)30-27(37)38-22/h3-13,31,34H,1-2H3,(H,30,35,37). The molecule has 11 heteroatoms. The maximum Gasteiger partial charge on any atom is 0.290 e. The molecule has 5 rings (SSSR count). The van der Waals surface area contributed by atoms with E-state index in [1.165, 1.54) is 18.2 Å². The molecule has 0 bridgehead atoms. The number of phenolic OH excluding ortho intramolecular Hbond substituents is 1. The van der Waals surface area contributed by atoms with E-state index < -0.39 is 28.7 Å². The molecule has 8 nitrogen and oxygen atoms in total. The van der Waals surface area contributed by atoms with Gasteiger partial charge in [0.05, 0.1) is 16.3 Å². The zero-order valence-electron chi connectivity index (χ0n) is 20.1. The van der Waals surface area contributed by atoms with Gasteiger partial charge in [-0.2, -0.15) is 5.10 Å². The average Bonchev–Trinajstić information content (AvgIpc) is 3.33. The molecular weight excluding hydrogens is 514 g/mol. The summed E-state index contributed by atoms with van der Waals surface area (Å²) in [5, 5.41) is 16.2. The predicted molar refractivity (Wildman–Crippen MR) is 141 cm³/mol. The van der Waals surface area contributed by atoms with Crippen LogP contribution in [0.5, 0.6) is 5.75 Å². The Balaban J connectivity index is 1.47. The van der Waals surface area contributed by atoms with Gasteiger partial charge in [0.2, 0.25) is 0 Å². The number of nitrogens with zero attached hydrogens (tertiary/aromatic N) is 2. The first-order chi connectivity index (χ1) is 18.1. The Bertz CT molecular complexity index is 1570. The van der Waals surface area contributed by atoms with Gasteiger partial charge in [-0.1, -0.05) is 32.0 Å². The lowest BCUT2D eigenvalue weighted by molar-refractivity contribution is -0.115. The molecule has 2 aliphatic rings. The van der Waals surface area contributed by atoms with E-state index in [0.717, 1.165) is 28.3 Å². The van der Waals surface area contributed by atoms with Gasteiger partial charge in [0.25, 0.3) is 17.1 Å². The van der Waals surface area contributed by atoms with E-state index in [9.17, 15) is 28.3 Å². The minimum absolute atomic E-state index is 0.0392. The number of hydrogen-bond acceptors (Lipinski definition) is 7. The molecule has 1 fully saturated rings. The number of nitrogens with one attached hydrogen (secondary N) is 2. The Kier molecular flexibility index (Phi) is 6.45. The lowest BCUT2D eigenvalue weighted by atomic mass is 10.0. The van der Waals surface area contributed by atoms with Gasteiger partial charge in [-0.25, -0.2) is 8.78 Å². The molecule has 2 heterocycles. The third-order valence-corrected chi connectivity index (χ3v) is 6.79. The van der Waals surface area contributed by atoms with Crippen molar-refractivity contribution in [2.75, 3.05) is 10.3 Å². The Morgan fingerprint density at radius 3 is 2.42 bits per heavy atom. The lowest BCUT2D eigenvalue weighted by Crippen LogP contribution is -2.26. The van der Waals surface area contributed by atoms with Crippen LogP contribution in [0, 0.1) is 11.6 Å². The van der Waals surface area contributed by atoms with Crippen LogP contribution in [0.2, 0.25) is 0 Å². The fraction of sp³-hybridized carbons (Fsp3) is 0.111. The van der Waals surface area contributed by atoms with Gasteiger partial charge in [0.15, 0.2) is 11.5 Å². The van der Waals surface area contributed by atoms with Gasteiger partial charge in [0.1, 0.15) is 11.6 Å². The van der Waals surface area contributed by atoms with Crippen LogP contribution in [0.25, 0.3) is 6.08 Å². The molecule has 0 saturated carbocycles. The summed E-state index contributed by atoms with van der Waals surface area (Å²) in [7, 11) is 0. The summed E-state index contributed by atoms with van der Waals surface area (Å²) < 4.78 is 29.1. The second-order valence-corrected chi connectivity index (χ2v) is 9.89. The van der Waals surface area contributed by atoms with Crippen LogP contribution in [0.3, 0.4) is 0 Å². The van der Waals surface area contributed by atoms with E-state index in [1.54, 1.807) is 18.2 Å². The van der Waals surface area contributed by atoms with Crippen LogP contribution < -0.4 is 15.6 Å². The van der Waals surface area contributed by atoms with Crippen LogP contribution in [-0.2, 0) is 9.59 Å². The van der Waals surface area contributed by atoms with Crippen molar-refractivity contribution in [3.63, 3.8) is 0 Å². The van der Waals surface area contributed by atoms with Gasteiger partial charge in [-0.15, -0.1) is 0 Å². The van der Waals surface area contributed by atoms with E-state index >= 15 is 0 Å². The second kappa shape index (κ2) is 9.75. The molecule has 0 aliphatic carbocycles. The van der Waals surface area contributed by atoms with Crippen molar-refractivity contribution in [2.45, 2.75) is 19.8 Å². The second-order valence-electron chi connectivity index (χ2n) is 8.87. The molecule has 0 spiro atoms. The SMILES string of the molecule is CC(C)c1ccc(N2C(=O)C(=NNc3ccc(C=C4SC(=O)NC4=O)cc3O)c3cc(F)cc(F)c32)cc1. The Hall–Kier alpha value is -4.51. The normalized spacial score (nSPS) is 17.1. The summed E-state index contributed by atoms with van der Waals surface area (Å²) >= 11 is 0.741. The molecule has 2 aliphatic heterocycles. The highest BCUT2D eigenvalue weighted by atomic mass is 32.2. The first kappa shape index (κ1) is 25.2. The van der Waals surface area contributed by atoms with E-state index in [2.05, 4.69) is 15.8 Å². The summed E-state index contributed by atoms with van der Waals surface area (Å²) in [6.07, 6.45) is 1.44. The maximum atomic E-state index is 14.9. The van der Waals surface area contributed by atoms with Crippen LogP contribution in [0.4, 0.5) is 30.6 Å². The van der Waals surface area contributed by atoms with Crippen molar-refractivity contribution in [3.05, 3.63) is 87.8 Å². The largest absolute Gasteiger partial charge is 0.506 e. The number of halogens is 2. The monoisotopic (exact) mass is 534 g/mol. The van der Waals surface area contributed by atoms with E-state index in [1.807, 2.05) is 26.0 Å². The summed E-state index contributed by atoms with van der Waals surface area (Å²) in [5.41, 5.74) is 4.15. The number of imide groups is 1. The molecule has 192 valence electrons. The minimum Gasteiger partial charge on any atom is -0.506 e. The zero-order valence-corrected chi connectivity index (χ0v) is 20.9. The first-order valence-corrected chi connectivity index (χ1v) is 12.3. The van der Waals surface area contributed by atoms with Crippen molar-refractivity contribution in [3.8, 4) is 5.75 Å². The fourth-order valence-corrected chi connectivity index (χ4v) is 4.76. The average molecular weight is 535 g/mol. The quantitative estimate of drug-likeness (QED) is 0.223. The Morgan fingerprint density at radius 1 is 1.05 bits per heavy atom. The highest BCUT2D eigenvalue weighted by molar-refractivity contribution is 8.18. The Morgan fingerprint density at radius 2 is 1.79 bits per heavy atom. The third-order valence-electron chi connectivity index (χ3n) is 5.98.